The summed E-state index contributed by atoms with van der Waals surface area (Å²) >= 11 is 0. The molecule has 1 aromatic carbocycles. The number of nitrogens with one attached hydrogen (secondary N) is 1. The molecule has 3 N–H and O–H groups in total. The molecule has 0 atom stereocenters. The highest BCUT2D eigenvalue weighted by Crippen LogP contribution is 2.35. The van der Waals surface area contributed by atoms with E-state index in [4.69, 9.17) is 10.5 Å². The number of aromatic nitrogens is 4. The van der Waals surface area contributed by atoms with Crippen LogP contribution in [0.2, 0.25) is 0 Å². The van der Waals surface area contributed by atoms with Crippen LogP contribution in [-0.4, -0.2) is 38.6 Å². The van der Waals surface area contributed by atoms with Gasteiger partial charge in [0.2, 0.25) is 5.91 Å². The predicted molar refractivity (Wildman–Crippen MR) is 120 cm³/mol. The van der Waals surface area contributed by atoms with Crippen LogP contribution in [0.5, 0.6) is 5.75 Å². The van der Waals surface area contributed by atoms with Crippen molar-refractivity contribution in [2.75, 3.05) is 18.9 Å². The molecule has 3 heterocycles. The van der Waals surface area contributed by atoms with Crippen LogP contribution in [0.4, 0.5) is 19.0 Å². The van der Waals surface area contributed by atoms with E-state index in [1.807, 2.05) is 12.1 Å². The first kappa shape index (κ1) is 23.0. The Morgan fingerprint density at radius 2 is 1.85 bits per heavy atom. The Labute approximate surface area is 192 Å². The number of nitrogens with two attached hydrogens (primary N) is 1. The topological polar surface area (TPSA) is 107 Å². The number of amides is 1. The van der Waals surface area contributed by atoms with Gasteiger partial charge in [-0.15, -0.1) is 0 Å². The Balaban J connectivity index is 1.56. The number of nitrogen functional groups attached to an aromatic ring is 1. The zero-order chi connectivity index (χ0) is 24.3. The van der Waals surface area contributed by atoms with Gasteiger partial charge in [-0.05, 0) is 48.9 Å². The maximum atomic E-state index is 13.3. The summed E-state index contributed by atoms with van der Waals surface area (Å²) in [5.74, 6) is 0.00284. The number of carbonyl (C=O) groups is 1. The van der Waals surface area contributed by atoms with Gasteiger partial charge in [-0.2, -0.15) is 18.3 Å². The summed E-state index contributed by atoms with van der Waals surface area (Å²) < 4.78 is 46.9. The standard InChI is InChI=1S/C23H21F3N6O2/c1-14(33)28-9-2-10-34-17-5-3-15(4-6-17)19-7-8-21-29-13-20(32(21)31-19)16-11-18(23(24,25)26)22(27)30-12-16/h3-8,11-13H,2,9-10H2,1H3,(H2,27,30)(H,28,33). The highest BCUT2D eigenvalue weighted by Gasteiger charge is 2.34. The number of imidazole rings is 1. The first-order chi connectivity index (χ1) is 16.2. The minimum atomic E-state index is -4.63. The number of rotatable bonds is 7. The summed E-state index contributed by atoms with van der Waals surface area (Å²) in [5.41, 5.74) is 6.82. The third kappa shape index (κ3) is 5.08. The molecule has 0 saturated carbocycles. The van der Waals surface area contributed by atoms with Gasteiger partial charge in [-0.3, -0.25) is 4.79 Å². The lowest BCUT2D eigenvalue weighted by atomic mass is 10.1. The van der Waals surface area contributed by atoms with Gasteiger partial charge in [0.05, 0.1) is 29.8 Å². The SMILES string of the molecule is CC(=O)NCCCOc1ccc(-c2ccc3ncc(-c4cnc(N)c(C(F)(F)F)c4)n3n2)cc1. The van der Waals surface area contributed by atoms with Crippen molar-refractivity contribution in [2.24, 2.45) is 0 Å². The van der Waals surface area contributed by atoms with Gasteiger partial charge in [0.25, 0.3) is 0 Å². The molecule has 8 nitrogen and oxygen atoms in total. The molecule has 0 aliphatic rings. The summed E-state index contributed by atoms with van der Waals surface area (Å²) in [6.07, 6.45) is -1.24. The minimum absolute atomic E-state index is 0.0803. The maximum absolute atomic E-state index is 13.3. The Bertz CT molecular complexity index is 1320. The number of pyridine rings is 1. The average Bonchev–Trinajstić information content (AvgIpc) is 3.22. The molecule has 11 heteroatoms. The lowest BCUT2D eigenvalue weighted by molar-refractivity contribution is -0.137. The van der Waals surface area contributed by atoms with Crippen molar-refractivity contribution in [3.8, 4) is 28.3 Å². The smallest absolute Gasteiger partial charge is 0.419 e. The number of carbonyl (C=O) groups excluding carboxylic acids is 1. The van der Waals surface area contributed by atoms with Gasteiger partial charge in [-0.1, -0.05) is 0 Å². The Kier molecular flexibility index (Phi) is 6.35. The maximum Gasteiger partial charge on any atom is 0.419 e. The summed E-state index contributed by atoms with van der Waals surface area (Å²) in [4.78, 5) is 18.8. The van der Waals surface area contributed by atoms with Crippen LogP contribution in [0, 0.1) is 0 Å². The van der Waals surface area contributed by atoms with E-state index in [2.05, 4.69) is 20.4 Å². The number of ether oxygens (including phenoxy) is 1. The molecule has 0 aliphatic heterocycles. The van der Waals surface area contributed by atoms with Crippen molar-refractivity contribution in [1.82, 2.24) is 24.9 Å². The predicted octanol–water partition coefficient (Wildman–Crippen LogP) is 3.96. The molecule has 0 unspecified atom stereocenters. The minimum Gasteiger partial charge on any atom is -0.494 e. The number of anilines is 1. The van der Waals surface area contributed by atoms with E-state index in [-0.39, 0.29) is 11.5 Å². The lowest BCUT2D eigenvalue weighted by Gasteiger charge is -2.11. The van der Waals surface area contributed by atoms with E-state index < -0.39 is 17.6 Å². The van der Waals surface area contributed by atoms with Crippen molar-refractivity contribution in [1.29, 1.82) is 0 Å². The second-order valence-corrected chi connectivity index (χ2v) is 7.50. The van der Waals surface area contributed by atoms with E-state index in [1.54, 1.807) is 24.3 Å². The molecular weight excluding hydrogens is 449 g/mol. The Morgan fingerprint density at radius 3 is 2.56 bits per heavy atom. The summed E-state index contributed by atoms with van der Waals surface area (Å²) in [6.45, 7) is 2.46. The number of hydrogen-bond acceptors (Lipinski definition) is 6. The molecule has 1 amide bonds. The Hall–Kier alpha value is -4.15. The number of benzene rings is 1. The summed E-state index contributed by atoms with van der Waals surface area (Å²) in [7, 11) is 0. The van der Waals surface area contributed by atoms with Crippen molar-refractivity contribution in [3.63, 3.8) is 0 Å². The molecule has 0 bridgehead atoms. The van der Waals surface area contributed by atoms with E-state index >= 15 is 0 Å². The van der Waals surface area contributed by atoms with Crippen LogP contribution in [0.3, 0.4) is 0 Å². The highest BCUT2D eigenvalue weighted by atomic mass is 19.4. The molecule has 0 fully saturated rings. The second kappa shape index (κ2) is 9.38. The first-order valence-electron chi connectivity index (χ1n) is 10.4. The van der Waals surface area contributed by atoms with E-state index in [0.29, 0.717) is 42.4 Å². The summed E-state index contributed by atoms with van der Waals surface area (Å²) in [6, 6.07) is 11.7. The second-order valence-electron chi connectivity index (χ2n) is 7.50. The quantitative estimate of drug-likeness (QED) is 0.396. The largest absolute Gasteiger partial charge is 0.494 e. The van der Waals surface area contributed by atoms with E-state index in [9.17, 15) is 18.0 Å². The lowest BCUT2D eigenvalue weighted by Crippen LogP contribution is -2.22. The average molecular weight is 470 g/mol. The van der Waals surface area contributed by atoms with Crippen molar-refractivity contribution in [3.05, 3.63) is 60.4 Å². The molecule has 4 rings (SSSR count). The van der Waals surface area contributed by atoms with Crippen LogP contribution < -0.4 is 15.8 Å². The molecule has 0 saturated heterocycles. The Morgan fingerprint density at radius 1 is 1.09 bits per heavy atom. The fraction of sp³-hybridized carbons (Fsp3) is 0.217. The van der Waals surface area contributed by atoms with Gasteiger partial charge < -0.3 is 15.8 Å². The third-order valence-corrected chi connectivity index (χ3v) is 5.00. The number of hydrogen-bond donors (Lipinski definition) is 2. The van der Waals surface area contributed by atoms with Gasteiger partial charge >= 0.3 is 6.18 Å². The fourth-order valence-electron chi connectivity index (χ4n) is 3.32. The van der Waals surface area contributed by atoms with Gasteiger partial charge in [0, 0.05) is 30.8 Å². The molecule has 3 aromatic heterocycles. The molecule has 176 valence electrons. The number of fused-ring (bicyclic) bond motifs is 1. The van der Waals surface area contributed by atoms with Crippen molar-refractivity contribution >= 4 is 17.4 Å². The van der Waals surface area contributed by atoms with Crippen molar-refractivity contribution < 1.29 is 22.7 Å². The van der Waals surface area contributed by atoms with Crippen LogP contribution >= 0.6 is 0 Å². The number of halogens is 3. The normalized spacial score (nSPS) is 11.5. The van der Waals surface area contributed by atoms with Crippen LogP contribution in [0.25, 0.3) is 28.2 Å². The third-order valence-electron chi connectivity index (χ3n) is 5.00. The molecule has 0 radical (unpaired) electrons. The molecule has 34 heavy (non-hydrogen) atoms. The molecule has 4 aromatic rings. The van der Waals surface area contributed by atoms with Crippen LogP contribution in [0.1, 0.15) is 18.9 Å². The molecular formula is C23H21F3N6O2. The highest BCUT2D eigenvalue weighted by molar-refractivity contribution is 5.72. The monoisotopic (exact) mass is 470 g/mol. The summed E-state index contributed by atoms with van der Waals surface area (Å²) in [5, 5.41) is 7.27. The fourth-order valence-corrected chi connectivity index (χ4v) is 3.32. The van der Waals surface area contributed by atoms with E-state index in [0.717, 1.165) is 11.6 Å². The van der Waals surface area contributed by atoms with E-state index in [1.165, 1.54) is 23.8 Å². The van der Waals surface area contributed by atoms with Gasteiger partial charge in [-0.25, -0.2) is 14.5 Å². The zero-order valence-electron chi connectivity index (χ0n) is 18.1. The molecule has 0 aliphatic carbocycles. The van der Waals surface area contributed by atoms with Gasteiger partial charge in [0.15, 0.2) is 5.65 Å². The van der Waals surface area contributed by atoms with Crippen molar-refractivity contribution in [2.45, 2.75) is 19.5 Å². The number of alkyl halides is 3. The molecule has 0 spiro atoms. The first-order valence-corrected chi connectivity index (χ1v) is 10.4. The zero-order valence-corrected chi connectivity index (χ0v) is 18.1. The number of nitrogens with zero attached hydrogens (tertiary/aromatic N) is 4. The van der Waals surface area contributed by atoms with Gasteiger partial charge in [0.1, 0.15) is 11.6 Å². The van der Waals surface area contributed by atoms with Crippen LogP contribution in [0.15, 0.2) is 54.9 Å². The van der Waals surface area contributed by atoms with Crippen LogP contribution in [-0.2, 0) is 11.0 Å².